The molecule has 6 heteroatoms. The van der Waals surface area contributed by atoms with Gasteiger partial charge in [-0.2, -0.15) is 0 Å². The Morgan fingerprint density at radius 1 is 1.07 bits per heavy atom. The zero-order valence-corrected chi connectivity index (χ0v) is 15.9. The number of nitrogen functional groups attached to an aromatic ring is 1. The Labute approximate surface area is 164 Å². The third kappa shape index (κ3) is 4.06. The Morgan fingerprint density at radius 3 is 2.86 bits per heavy atom. The predicted molar refractivity (Wildman–Crippen MR) is 111 cm³/mol. The van der Waals surface area contributed by atoms with E-state index in [9.17, 15) is 4.79 Å². The molecule has 28 heavy (non-hydrogen) atoms. The Morgan fingerprint density at radius 2 is 1.96 bits per heavy atom. The summed E-state index contributed by atoms with van der Waals surface area (Å²) in [5.74, 6) is 1.91. The SMILES string of the molecule is Nc1ccccc1CCC(=O)Nc1cccc(-c2nnc3n2CCCCC3)c1. The van der Waals surface area contributed by atoms with Gasteiger partial charge in [-0.25, -0.2) is 0 Å². The summed E-state index contributed by atoms with van der Waals surface area (Å²) in [6, 6.07) is 15.5. The maximum absolute atomic E-state index is 12.4. The molecule has 3 aromatic rings. The van der Waals surface area contributed by atoms with Gasteiger partial charge in [0.25, 0.3) is 0 Å². The first-order chi connectivity index (χ1) is 13.7. The second-order valence-electron chi connectivity index (χ2n) is 7.23. The third-order valence-corrected chi connectivity index (χ3v) is 5.19. The first-order valence-electron chi connectivity index (χ1n) is 9.86. The van der Waals surface area contributed by atoms with Crippen LogP contribution in [0.3, 0.4) is 0 Å². The Kier molecular flexibility index (Phi) is 5.37. The summed E-state index contributed by atoms with van der Waals surface area (Å²) in [6.07, 6.45) is 5.53. The minimum atomic E-state index is -0.0273. The second kappa shape index (κ2) is 8.25. The van der Waals surface area contributed by atoms with Gasteiger partial charge in [0.15, 0.2) is 5.82 Å². The fourth-order valence-corrected chi connectivity index (χ4v) is 3.67. The van der Waals surface area contributed by atoms with Crippen molar-refractivity contribution >= 4 is 17.3 Å². The lowest BCUT2D eigenvalue weighted by molar-refractivity contribution is -0.116. The van der Waals surface area contributed by atoms with Crippen molar-refractivity contribution < 1.29 is 4.79 Å². The number of aromatic nitrogens is 3. The third-order valence-electron chi connectivity index (χ3n) is 5.19. The van der Waals surface area contributed by atoms with E-state index in [1.165, 1.54) is 12.8 Å². The summed E-state index contributed by atoms with van der Waals surface area (Å²) in [5, 5.41) is 11.8. The first kappa shape index (κ1) is 18.2. The molecule has 0 aliphatic carbocycles. The summed E-state index contributed by atoms with van der Waals surface area (Å²) in [5.41, 5.74) is 9.43. The van der Waals surface area contributed by atoms with Gasteiger partial charge < -0.3 is 15.6 Å². The topological polar surface area (TPSA) is 85.8 Å². The van der Waals surface area contributed by atoms with E-state index in [1.54, 1.807) is 0 Å². The van der Waals surface area contributed by atoms with Crippen LogP contribution in [0.1, 0.15) is 37.1 Å². The lowest BCUT2D eigenvalue weighted by Crippen LogP contribution is -2.13. The van der Waals surface area contributed by atoms with Gasteiger partial charge in [0, 0.05) is 36.3 Å². The van der Waals surface area contributed by atoms with E-state index in [1.807, 2.05) is 48.5 Å². The van der Waals surface area contributed by atoms with Gasteiger partial charge >= 0.3 is 0 Å². The standard InChI is InChI=1S/C22H25N5O/c23-19-10-4-3-7-16(19)12-13-21(28)24-18-9-6-8-17(15-18)22-26-25-20-11-2-1-5-14-27(20)22/h3-4,6-10,15H,1-2,5,11-14,23H2,(H,24,28). The Bertz CT molecular complexity index is 979. The van der Waals surface area contributed by atoms with Crippen LogP contribution in [0.2, 0.25) is 0 Å². The number of hydrogen-bond donors (Lipinski definition) is 2. The molecule has 0 atom stereocenters. The number of carbonyl (C=O) groups is 1. The molecule has 1 aromatic heterocycles. The number of nitrogens with zero attached hydrogens (tertiary/aromatic N) is 3. The van der Waals surface area contributed by atoms with Crippen molar-refractivity contribution in [2.45, 2.75) is 45.1 Å². The molecule has 0 spiro atoms. The molecule has 144 valence electrons. The van der Waals surface area contributed by atoms with Crippen LogP contribution in [-0.4, -0.2) is 20.7 Å². The van der Waals surface area contributed by atoms with Crippen LogP contribution in [0, 0.1) is 0 Å². The average molecular weight is 375 g/mol. The molecule has 3 N–H and O–H groups in total. The number of aryl methyl sites for hydroxylation is 2. The van der Waals surface area contributed by atoms with Crippen LogP contribution in [0.25, 0.3) is 11.4 Å². The van der Waals surface area contributed by atoms with Crippen molar-refractivity contribution in [3.63, 3.8) is 0 Å². The molecule has 0 saturated carbocycles. The number of amides is 1. The van der Waals surface area contributed by atoms with Crippen LogP contribution in [0.4, 0.5) is 11.4 Å². The lowest BCUT2D eigenvalue weighted by atomic mass is 10.1. The highest BCUT2D eigenvalue weighted by molar-refractivity contribution is 5.91. The maximum Gasteiger partial charge on any atom is 0.224 e. The lowest BCUT2D eigenvalue weighted by Gasteiger charge is -2.10. The van der Waals surface area contributed by atoms with Crippen molar-refractivity contribution in [3.8, 4) is 11.4 Å². The number of fused-ring (bicyclic) bond motifs is 1. The van der Waals surface area contributed by atoms with Crippen LogP contribution < -0.4 is 11.1 Å². The Balaban J connectivity index is 1.45. The van der Waals surface area contributed by atoms with Crippen LogP contribution in [0.5, 0.6) is 0 Å². The van der Waals surface area contributed by atoms with Crippen LogP contribution in [0.15, 0.2) is 48.5 Å². The second-order valence-corrected chi connectivity index (χ2v) is 7.23. The summed E-state index contributed by atoms with van der Waals surface area (Å²) in [4.78, 5) is 12.4. The molecule has 6 nitrogen and oxygen atoms in total. The number of carbonyl (C=O) groups excluding carboxylic acids is 1. The fraction of sp³-hybridized carbons (Fsp3) is 0.318. The smallest absolute Gasteiger partial charge is 0.224 e. The van der Waals surface area contributed by atoms with E-state index in [4.69, 9.17) is 5.73 Å². The molecular formula is C22H25N5O. The molecule has 1 aliphatic rings. The van der Waals surface area contributed by atoms with Gasteiger partial charge in [0.05, 0.1) is 0 Å². The molecule has 2 heterocycles. The normalized spacial score (nSPS) is 13.6. The van der Waals surface area contributed by atoms with Crippen molar-refractivity contribution in [3.05, 3.63) is 59.9 Å². The number of anilines is 2. The van der Waals surface area contributed by atoms with Crippen molar-refractivity contribution in [1.29, 1.82) is 0 Å². The van der Waals surface area contributed by atoms with Gasteiger partial charge in [0.1, 0.15) is 5.82 Å². The monoisotopic (exact) mass is 375 g/mol. The van der Waals surface area contributed by atoms with E-state index < -0.39 is 0 Å². The summed E-state index contributed by atoms with van der Waals surface area (Å²) >= 11 is 0. The molecule has 2 aromatic carbocycles. The number of hydrogen-bond acceptors (Lipinski definition) is 4. The van der Waals surface area contributed by atoms with E-state index >= 15 is 0 Å². The van der Waals surface area contributed by atoms with E-state index in [0.29, 0.717) is 12.8 Å². The van der Waals surface area contributed by atoms with E-state index in [-0.39, 0.29) is 5.91 Å². The van der Waals surface area contributed by atoms with Crippen LogP contribution >= 0.6 is 0 Å². The number of benzene rings is 2. The van der Waals surface area contributed by atoms with E-state index in [0.717, 1.165) is 53.5 Å². The van der Waals surface area contributed by atoms with Gasteiger partial charge in [-0.1, -0.05) is 36.8 Å². The summed E-state index contributed by atoms with van der Waals surface area (Å²) in [6.45, 7) is 0.951. The van der Waals surface area contributed by atoms with Gasteiger partial charge in [-0.3, -0.25) is 4.79 Å². The number of para-hydroxylation sites is 1. The number of nitrogens with two attached hydrogens (primary N) is 1. The highest BCUT2D eigenvalue weighted by atomic mass is 16.1. The molecule has 0 fully saturated rings. The minimum Gasteiger partial charge on any atom is -0.399 e. The molecule has 0 unspecified atom stereocenters. The number of nitrogens with one attached hydrogen (secondary N) is 1. The molecule has 0 bridgehead atoms. The van der Waals surface area contributed by atoms with Gasteiger partial charge in [-0.15, -0.1) is 10.2 Å². The first-order valence-corrected chi connectivity index (χ1v) is 9.86. The predicted octanol–water partition coefficient (Wildman–Crippen LogP) is 3.83. The highest BCUT2D eigenvalue weighted by Crippen LogP contribution is 2.25. The largest absolute Gasteiger partial charge is 0.399 e. The highest BCUT2D eigenvalue weighted by Gasteiger charge is 2.16. The summed E-state index contributed by atoms with van der Waals surface area (Å²) < 4.78 is 2.21. The average Bonchev–Trinajstić information content (AvgIpc) is 2.96. The quantitative estimate of drug-likeness (QED) is 0.664. The maximum atomic E-state index is 12.4. The van der Waals surface area contributed by atoms with Crippen molar-refractivity contribution in [2.24, 2.45) is 0 Å². The zero-order valence-electron chi connectivity index (χ0n) is 15.9. The molecule has 0 radical (unpaired) electrons. The summed E-state index contributed by atoms with van der Waals surface area (Å²) in [7, 11) is 0. The number of rotatable bonds is 5. The van der Waals surface area contributed by atoms with Crippen molar-refractivity contribution in [1.82, 2.24) is 14.8 Å². The molecule has 4 rings (SSSR count). The van der Waals surface area contributed by atoms with E-state index in [2.05, 4.69) is 20.1 Å². The minimum absolute atomic E-state index is 0.0273. The van der Waals surface area contributed by atoms with Crippen molar-refractivity contribution in [2.75, 3.05) is 11.1 Å². The van der Waals surface area contributed by atoms with Gasteiger partial charge in [-0.05, 0) is 43.0 Å². The zero-order chi connectivity index (χ0) is 19.3. The molecular weight excluding hydrogens is 350 g/mol. The van der Waals surface area contributed by atoms with Gasteiger partial charge in [0.2, 0.25) is 5.91 Å². The molecule has 1 aliphatic heterocycles. The van der Waals surface area contributed by atoms with Crippen LogP contribution in [-0.2, 0) is 24.2 Å². The fourth-order valence-electron chi connectivity index (χ4n) is 3.67. The Hall–Kier alpha value is -3.15. The molecule has 1 amide bonds. The molecule has 0 saturated heterocycles.